The Labute approximate surface area is 154 Å². The van der Waals surface area contributed by atoms with Crippen molar-refractivity contribution in [2.24, 2.45) is 0 Å². The lowest BCUT2D eigenvalue weighted by Crippen LogP contribution is -2.50. The van der Waals surface area contributed by atoms with E-state index in [0.29, 0.717) is 12.1 Å². The van der Waals surface area contributed by atoms with Crippen LogP contribution in [0.4, 0.5) is 4.79 Å². The Kier molecular flexibility index (Phi) is 6.98. The van der Waals surface area contributed by atoms with Gasteiger partial charge in [0, 0.05) is 38.3 Å². The van der Waals surface area contributed by atoms with Crippen LogP contribution in [0, 0.1) is 0 Å². The number of hydrogen-bond donors (Lipinski definition) is 1. The van der Waals surface area contributed by atoms with E-state index in [1.54, 1.807) is 6.92 Å². The molecule has 1 aromatic carbocycles. The summed E-state index contributed by atoms with van der Waals surface area (Å²) in [4.78, 5) is 25.2. The van der Waals surface area contributed by atoms with Crippen LogP contribution in [0.25, 0.3) is 0 Å². The van der Waals surface area contributed by atoms with Crippen molar-refractivity contribution in [3.8, 4) is 0 Å². The van der Waals surface area contributed by atoms with Gasteiger partial charge in [0.1, 0.15) is 0 Å². The summed E-state index contributed by atoms with van der Waals surface area (Å²) in [6.07, 6.45) is 0.405. The number of sulfonamides is 1. The van der Waals surface area contributed by atoms with Gasteiger partial charge in [0.25, 0.3) is 5.91 Å². The molecule has 26 heavy (non-hydrogen) atoms. The molecule has 2 amide bonds. The quantitative estimate of drug-likeness (QED) is 0.799. The van der Waals surface area contributed by atoms with Gasteiger partial charge in [-0.2, -0.15) is 4.31 Å². The molecule has 0 atom stereocenters. The van der Waals surface area contributed by atoms with Crippen LogP contribution in [0.1, 0.15) is 30.6 Å². The molecule has 144 valence electrons. The van der Waals surface area contributed by atoms with E-state index < -0.39 is 16.1 Å². The van der Waals surface area contributed by atoms with Gasteiger partial charge in [-0.05, 0) is 37.6 Å². The first-order valence-corrected chi connectivity index (χ1v) is 10.1. The lowest BCUT2D eigenvalue weighted by molar-refractivity contribution is 0.0932. The summed E-state index contributed by atoms with van der Waals surface area (Å²) in [5.74, 6) is -0.223. The Balaban J connectivity index is 2.02. The van der Waals surface area contributed by atoms with Gasteiger partial charge >= 0.3 is 6.09 Å². The van der Waals surface area contributed by atoms with E-state index >= 15 is 0 Å². The van der Waals surface area contributed by atoms with E-state index in [0.717, 1.165) is 6.42 Å². The highest BCUT2D eigenvalue weighted by Gasteiger charge is 2.30. The van der Waals surface area contributed by atoms with Gasteiger partial charge in [0.2, 0.25) is 10.0 Å². The van der Waals surface area contributed by atoms with Crippen LogP contribution >= 0.6 is 0 Å². The van der Waals surface area contributed by atoms with Gasteiger partial charge < -0.3 is 15.0 Å². The summed E-state index contributed by atoms with van der Waals surface area (Å²) in [6.45, 7) is 5.53. The predicted molar refractivity (Wildman–Crippen MR) is 96.4 cm³/mol. The molecule has 1 aromatic rings. The third-order valence-corrected chi connectivity index (χ3v) is 5.97. The van der Waals surface area contributed by atoms with Crippen LogP contribution in [0.15, 0.2) is 29.2 Å². The number of nitrogens with zero attached hydrogens (tertiary/aromatic N) is 2. The molecule has 1 fully saturated rings. The number of benzene rings is 1. The molecule has 1 N–H and O–H groups in total. The highest BCUT2D eigenvalue weighted by Crippen LogP contribution is 2.18. The van der Waals surface area contributed by atoms with Gasteiger partial charge in [-0.3, -0.25) is 4.79 Å². The molecule has 9 heteroatoms. The molecule has 8 nitrogen and oxygen atoms in total. The van der Waals surface area contributed by atoms with Gasteiger partial charge in [-0.25, -0.2) is 13.2 Å². The molecule has 0 aromatic heterocycles. The average Bonchev–Trinajstić information content (AvgIpc) is 2.66. The van der Waals surface area contributed by atoms with Crippen LogP contribution in [0.3, 0.4) is 0 Å². The Hall–Kier alpha value is -2.13. The summed E-state index contributed by atoms with van der Waals surface area (Å²) >= 11 is 0. The second kappa shape index (κ2) is 9.00. The fraction of sp³-hybridized carbons (Fsp3) is 0.529. The molecular formula is C17H25N3O5S. The van der Waals surface area contributed by atoms with Crippen LogP contribution in [0.5, 0.6) is 0 Å². The summed E-state index contributed by atoms with van der Waals surface area (Å²) in [6, 6.07) is 5.89. The maximum atomic E-state index is 12.7. The number of piperazine rings is 1. The van der Waals surface area contributed by atoms with Crippen molar-refractivity contribution in [1.82, 2.24) is 14.5 Å². The van der Waals surface area contributed by atoms with E-state index in [2.05, 4.69) is 5.32 Å². The first kappa shape index (κ1) is 20.2. The topological polar surface area (TPSA) is 96.0 Å². The van der Waals surface area contributed by atoms with Crippen molar-refractivity contribution < 1.29 is 22.7 Å². The SMILES string of the molecule is CCCNC(=O)c1ccc(S(=O)(=O)N2CCN(C(=O)OCC)CC2)cc1. The molecule has 0 bridgehead atoms. The maximum Gasteiger partial charge on any atom is 0.409 e. The number of carbonyl (C=O) groups excluding carboxylic acids is 2. The lowest BCUT2D eigenvalue weighted by atomic mass is 10.2. The Morgan fingerprint density at radius 1 is 1.08 bits per heavy atom. The fourth-order valence-corrected chi connectivity index (χ4v) is 4.02. The highest BCUT2D eigenvalue weighted by atomic mass is 32.2. The molecule has 0 spiro atoms. The number of rotatable bonds is 6. The number of hydrogen-bond acceptors (Lipinski definition) is 5. The number of carbonyl (C=O) groups is 2. The van der Waals surface area contributed by atoms with Crippen molar-refractivity contribution >= 4 is 22.0 Å². The third-order valence-electron chi connectivity index (χ3n) is 4.05. The lowest BCUT2D eigenvalue weighted by Gasteiger charge is -2.33. The van der Waals surface area contributed by atoms with E-state index in [9.17, 15) is 18.0 Å². The average molecular weight is 383 g/mol. The van der Waals surface area contributed by atoms with Crippen molar-refractivity contribution in [3.05, 3.63) is 29.8 Å². The molecule has 0 radical (unpaired) electrons. The van der Waals surface area contributed by atoms with Crippen LogP contribution < -0.4 is 5.32 Å². The van der Waals surface area contributed by atoms with Gasteiger partial charge in [0.15, 0.2) is 0 Å². The van der Waals surface area contributed by atoms with Crippen LogP contribution in [-0.4, -0.2) is 69.0 Å². The normalized spacial score (nSPS) is 15.5. The Bertz CT molecular complexity index is 725. The smallest absolute Gasteiger partial charge is 0.409 e. The minimum Gasteiger partial charge on any atom is -0.450 e. The van der Waals surface area contributed by atoms with Crippen molar-refractivity contribution in [1.29, 1.82) is 0 Å². The molecule has 2 rings (SSSR count). The third kappa shape index (κ3) is 4.73. The van der Waals surface area contributed by atoms with Gasteiger partial charge in [0.05, 0.1) is 11.5 Å². The maximum absolute atomic E-state index is 12.7. The molecule has 1 aliphatic rings. The van der Waals surface area contributed by atoms with E-state index in [-0.39, 0.29) is 43.6 Å². The predicted octanol–water partition coefficient (Wildman–Crippen LogP) is 1.29. The van der Waals surface area contributed by atoms with Crippen molar-refractivity contribution in [2.75, 3.05) is 39.3 Å². The second-order valence-electron chi connectivity index (χ2n) is 5.87. The highest BCUT2D eigenvalue weighted by molar-refractivity contribution is 7.89. The van der Waals surface area contributed by atoms with E-state index in [4.69, 9.17) is 4.74 Å². The first-order chi connectivity index (χ1) is 12.4. The van der Waals surface area contributed by atoms with Crippen LogP contribution in [-0.2, 0) is 14.8 Å². The molecule has 1 aliphatic heterocycles. The zero-order chi connectivity index (χ0) is 19.2. The first-order valence-electron chi connectivity index (χ1n) is 8.70. The number of nitrogens with one attached hydrogen (secondary N) is 1. The number of ether oxygens (including phenoxy) is 1. The molecule has 0 unspecified atom stereocenters. The molecule has 1 heterocycles. The van der Waals surface area contributed by atoms with Crippen molar-refractivity contribution in [3.63, 3.8) is 0 Å². The summed E-state index contributed by atoms with van der Waals surface area (Å²) in [7, 11) is -3.66. The van der Waals surface area contributed by atoms with Gasteiger partial charge in [-0.15, -0.1) is 0 Å². The summed E-state index contributed by atoms with van der Waals surface area (Å²) < 4.78 is 31.7. The van der Waals surface area contributed by atoms with Gasteiger partial charge in [-0.1, -0.05) is 6.92 Å². The molecule has 0 aliphatic carbocycles. The van der Waals surface area contributed by atoms with E-state index in [1.807, 2.05) is 6.92 Å². The Morgan fingerprint density at radius 2 is 1.69 bits per heavy atom. The second-order valence-corrected chi connectivity index (χ2v) is 7.81. The number of amides is 2. The van der Waals surface area contributed by atoms with E-state index in [1.165, 1.54) is 33.5 Å². The minimum atomic E-state index is -3.66. The largest absolute Gasteiger partial charge is 0.450 e. The summed E-state index contributed by atoms with van der Waals surface area (Å²) in [5.41, 5.74) is 0.421. The monoisotopic (exact) mass is 383 g/mol. The van der Waals surface area contributed by atoms with Crippen molar-refractivity contribution in [2.45, 2.75) is 25.2 Å². The molecule has 1 saturated heterocycles. The van der Waals surface area contributed by atoms with Crippen LogP contribution in [0.2, 0.25) is 0 Å². The Morgan fingerprint density at radius 3 is 2.23 bits per heavy atom. The molecular weight excluding hydrogens is 358 g/mol. The fourth-order valence-electron chi connectivity index (χ4n) is 2.59. The molecule has 0 saturated carbocycles. The zero-order valence-corrected chi connectivity index (χ0v) is 15.9. The minimum absolute atomic E-state index is 0.133. The summed E-state index contributed by atoms with van der Waals surface area (Å²) in [5, 5.41) is 2.75. The standard InChI is InChI=1S/C17H25N3O5S/c1-3-9-18-16(21)14-5-7-15(8-6-14)26(23,24)20-12-10-19(11-13-20)17(22)25-4-2/h5-8H,3-4,9-13H2,1-2H3,(H,18,21). The zero-order valence-electron chi connectivity index (χ0n) is 15.1.